The Morgan fingerprint density at radius 1 is 1.00 bits per heavy atom. The lowest BCUT2D eigenvalue weighted by atomic mass is 10.1. The Hall–Kier alpha value is -2.43. The topological polar surface area (TPSA) is 66.9 Å². The molecule has 2 rings (SSSR count). The molecule has 0 unspecified atom stereocenters. The molecule has 1 heterocycles. The van der Waals surface area contributed by atoms with Gasteiger partial charge in [0.15, 0.2) is 0 Å². The highest BCUT2D eigenvalue weighted by Crippen LogP contribution is 2.15. The molecule has 0 aliphatic rings. The zero-order valence-electron chi connectivity index (χ0n) is 13.7. The summed E-state index contributed by atoms with van der Waals surface area (Å²) in [6, 6.07) is 7.85. The summed E-state index contributed by atoms with van der Waals surface area (Å²) in [5, 5.41) is 6.08. The summed E-state index contributed by atoms with van der Waals surface area (Å²) in [7, 11) is 0. The molecular weight excluding hydrogens is 276 g/mol. The van der Waals surface area contributed by atoms with Crippen LogP contribution in [0.5, 0.6) is 0 Å². The Bertz CT molecular complexity index is 675. The second-order valence-corrected chi connectivity index (χ2v) is 5.82. The van der Waals surface area contributed by atoms with Crippen molar-refractivity contribution < 1.29 is 4.79 Å². The molecule has 0 spiro atoms. The van der Waals surface area contributed by atoms with Crippen molar-refractivity contribution in [3.63, 3.8) is 0 Å². The van der Waals surface area contributed by atoms with Gasteiger partial charge in [0.05, 0.1) is 0 Å². The molecule has 0 aliphatic carbocycles. The highest BCUT2D eigenvalue weighted by atomic mass is 16.1. The minimum atomic E-state index is -0.234. The summed E-state index contributed by atoms with van der Waals surface area (Å²) >= 11 is 0. The molecular formula is C17H22N4O. The van der Waals surface area contributed by atoms with Crippen LogP contribution in [0.25, 0.3) is 0 Å². The number of benzene rings is 1. The zero-order chi connectivity index (χ0) is 16.3. The van der Waals surface area contributed by atoms with E-state index in [9.17, 15) is 4.79 Å². The molecule has 1 aromatic heterocycles. The van der Waals surface area contributed by atoms with Crippen LogP contribution in [0.1, 0.15) is 41.3 Å². The predicted molar refractivity (Wildman–Crippen MR) is 89.4 cm³/mol. The molecule has 116 valence electrons. The van der Waals surface area contributed by atoms with Crippen LogP contribution < -0.4 is 10.6 Å². The molecule has 0 aliphatic heterocycles. The third-order valence-corrected chi connectivity index (χ3v) is 2.99. The van der Waals surface area contributed by atoms with Crippen LogP contribution in [0.2, 0.25) is 0 Å². The molecule has 0 bridgehead atoms. The van der Waals surface area contributed by atoms with Gasteiger partial charge in [0.2, 0.25) is 0 Å². The molecule has 5 heteroatoms. The van der Waals surface area contributed by atoms with E-state index in [0.717, 1.165) is 16.8 Å². The summed E-state index contributed by atoms with van der Waals surface area (Å²) in [6.45, 7) is 9.82. The zero-order valence-corrected chi connectivity index (χ0v) is 13.7. The van der Waals surface area contributed by atoms with Crippen molar-refractivity contribution in [3.05, 3.63) is 46.9 Å². The Morgan fingerprint density at radius 3 is 2.23 bits per heavy atom. The van der Waals surface area contributed by atoms with E-state index in [1.165, 1.54) is 0 Å². The fourth-order valence-corrected chi connectivity index (χ4v) is 2.30. The molecule has 0 radical (unpaired) electrons. The van der Waals surface area contributed by atoms with E-state index in [1.54, 1.807) is 13.0 Å². The van der Waals surface area contributed by atoms with Crippen molar-refractivity contribution in [2.24, 2.45) is 0 Å². The largest absolute Gasteiger partial charge is 0.368 e. The van der Waals surface area contributed by atoms with Gasteiger partial charge in [0, 0.05) is 17.8 Å². The fraction of sp³-hybridized carbons (Fsp3) is 0.353. The lowest BCUT2D eigenvalue weighted by Crippen LogP contribution is -2.17. The molecule has 2 aromatic rings. The number of hydrogen-bond donors (Lipinski definition) is 2. The van der Waals surface area contributed by atoms with Gasteiger partial charge in [-0.2, -0.15) is 0 Å². The SMILES string of the molecule is Cc1cc(C)cc(NC(=O)c2cc(NC(C)C)nc(C)n2)c1. The van der Waals surface area contributed by atoms with Crippen molar-refractivity contribution in [2.75, 3.05) is 10.6 Å². The van der Waals surface area contributed by atoms with Gasteiger partial charge >= 0.3 is 0 Å². The lowest BCUT2D eigenvalue weighted by molar-refractivity contribution is 0.102. The van der Waals surface area contributed by atoms with Crippen LogP contribution in [-0.2, 0) is 0 Å². The van der Waals surface area contributed by atoms with Crippen molar-refractivity contribution >= 4 is 17.4 Å². The summed E-state index contributed by atoms with van der Waals surface area (Å²) in [5.41, 5.74) is 3.35. The van der Waals surface area contributed by atoms with E-state index in [0.29, 0.717) is 17.3 Å². The third-order valence-electron chi connectivity index (χ3n) is 2.99. The first-order valence-electron chi connectivity index (χ1n) is 7.35. The molecule has 0 saturated carbocycles. The minimum Gasteiger partial charge on any atom is -0.368 e. The standard InChI is InChI=1S/C17H22N4O/c1-10(2)18-16-9-15(19-13(5)20-16)17(22)21-14-7-11(3)6-12(4)8-14/h6-10H,1-5H3,(H,21,22)(H,18,19,20). The number of nitrogens with zero attached hydrogens (tertiary/aromatic N) is 2. The van der Waals surface area contributed by atoms with Gasteiger partial charge in [-0.3, -0.25) is 4.79 Å². The summed E-state index contributed by atoms with van der Waals surface area (Å²) < 4.78 is 0. The molecule has 1 amide bonds. The van der Waals surface area contributed by atoms with Gasteiger partial charge in [-0.25, -0.2) is 9.97 Å². The van der Waals surface area contributed by atoms with Gasteiger partial charge in [-0.1, -0.05) is 6.07 Å². The fourth-order valence-electron chi connectivity index (χ4n) is 2.30. The van der Waals surface area contributed by atoms with Crippen molar-refractivity contribution in [2.45, 2.75) is 40.7 Å². The molecule has 1 aromatic carbocycles. The first kappa shape index (κ1) is 15.9. The van der Waals surface area contributed by atoms with E-state index in [2.05, 4.69) is 26.7 Å². The highest BCUT2D eigenvalue weighted by molar-refractivity contribution is 6.03. The van der Waals surface area contributed by atoms with Crippen LogP contribution in [-0.4, -0.2) is 21.9 Å². The maximum absolute atomic E-state index is 12.4. The van der Waals surface area contributed by atoms with Crippen LogP contribution >= 0.6 is 0 Å². The minimum absolute atomic E-state index is 0.234. The monoisotopic (exact) mass is 298 g/mol. The average Bonchev–Trinajstić information content (AvgIpc) is 2.35. The average molecular weight is 298 g/mol. The normalized spacial score (nSPS) is 10.6. The van der Waals surface area contributed by atoms with Gasteiger partial charge in [0.1, 0.15) is 17.3 Å². The number of rotatable bonds is 4. The number of aromatic nitrogens is 2. The second kappa shape index (κ2) is 6.56. The van der Waals surface area contributed by atoms with E-state index in [4.69, 9.17) is 0 Å². The lowest BCUT2D eigenvalue weighted by Gasteiger charge is -2.11. The summed E-state index contributed by atoms with van der Waals surface area (Å²) in [4.78, 5) is 20.9. The number of hydrogen-bond acceptors (Lipinski definition) is 4. The van der Waals surface area contributed by atoms with Crippen molar-refractivity contribution in [1.82, 2.24) is 9.97 Å². The number of amides is 1. The maximum atomic E-state index is 12.4. The number of carbonyl (C=O) groups excluding carboxylic acids is 1. The van der Waals surface area contributed by atoms with E-state index < -0.39 is 0 Å². The Kier molecular flexibility index (Phi) is 4.75. The Labute approximate surface area is 131 Å². The molecule has 0 atom stereocenters. The molecule has 0 fully saturated rings. The Balaban J connectivity index is 2.23. The van der Waals surface area contributed by atoms with Crippen molar-refractivity contribution in [1.29, 1.82) is 0 Å². The first-order chi connectivity index (χ1) is 10.3. The van der Waals surface area contributed by atoms with Gasteiger partial charge in [-0.05, 0) is 57.9 Å². The maximum Gasteiger partial charge on any atom is 0.274 e. The first-order valence-corrected chi connectivity index (χ1v) is 7.35. The predicted octanol–water partition coefficient (Wildman–Crippen LogP) is 3.47. The van der Waals surface area contributed by atoms with E-state index in [-0.39, 0.29) is 11.9 Å². The van der Waals surface area contributed by atoms with Crippen LogP contribution in [0, 0.1) is 20.8 Å². The molecule has 2 N–H and O–H groups in total. The number of aryl methyl sites for hydroxylation is 3. The quantitative estimate of drug-likeness (QED) is 0.907. The van der Waals surface area contributed by atoms with E-state index in [1.807, 2.05) is 39.8 Å². The van der Waals surface area contributed by atoms with Gasteiger partial charge < -0.3 is 10.6 Å². The number of anilines is 2. The van der Waals surface area contributed by atoms with Gasteiger partial charge in [0.25, 0.3) is 5.91 Å². The second-order valence-electron chi connectivity index (χ2n) is 5.82. The van der Waals surface area contributed by atoms with Crippen molar-refractivity contribution in [3.8, 4) is 0 Å². The summed E-state index contributed by atoms with van der Waals surface area (Å²) in [6.07, 6.45) is 0. The van der Waals surface area contributed by atoms with Crippen LogP contribution in [0.4, 0.5) is 11.5 Å². The highest BCUT2D eigenvalue weighted by Gasteiger charge is 2.11. The molecule has 0 saturated heterocycles. The van der Waals surface area contributed by atoms with Crippen LogP contribution in [0.3, 0.4) is 0 Å². The molecule has 22 heavy (non-hydrogen) atoms. The van der Waals surface area contributed by atoms with E-state index >= 15 is 0 Å². The third kappa shape index (κ3) is 4.28. The van der Waals surface area contributed by atoms with Crippen LogP contribution in [0.15, 0.2) is 24.3 Å². The summed E-state index contributed by atoms with van der Waals surface area (Å²) in [5.74, 6) is 0.992. The Morgan fingerprint density at radius 2 is 1.64 bits per heavy atom. The number of nitrogens with one attached hydrogen (secondary N) is 2. The van der Waals surface area contributed by atoms with Gasteiger partial charge in [-0.15, -0.1) is 0 Å². The smallest absolute Gasteiger partial charge is 0.274 e. The number of carbonyl (C=O) groups is 1. The molecule has 5 nitrogen and oxygen atoms in total.